The molecule has 6 nitrogen and oxygen atoms in total. The standard InChI is InChI=1S/C18H30N4O2/c1-13-19-18(21-20-13)16-11-22(10-15(16)12-24-2)17(23)9-8-14-6-4-3-5-7-14/h14-16H,3-12H2,1-2H3,(H,19,20,21)/t15-,16+/m0/s1. The Morgan fingerprint density at radius 1 is 1.29 bits per heavy atom. The Bertz CT molecular complexity index is 539. The van der Waals surface area contributed by atoms with Crippen LogP contribution in [-0.4, -0.2) is 52.8 Å². The molecule has 2 aliphatic rings. The van der Waals surface area contributed by atoms with E-state index in [0.29, 0.717) is 13.0 Å². The number of H-pyrrole nitrogens is 1. The van der Waals surface area contributed by atoms with Crippen LogP contribution in [0.15, 0.2) is 0 Å². The maximum absolute atomic E-state index is 12.7. The number of aromatic nitrogens is 3. The summed E-state index contributed by atoms with van der Waals surface area (Å²) in [6.45, 7) is 4.03. The molecule has 1 aromatic rings. The summed E-state index contributed by atoms with van der Waals surface area (Å²) >= 11 is 0. The lowest BCUT2D eigenvalue weighted by Crippen LogP contribution is -2.29. The summed E-state index contributed by atoms with van der Waals surface area (Å²) in [6.07, 6.45) is 8.39. The third-order valence-corrected chi connectivity index (χ3v) is 5.61. The lowest BCUT2D eigenvalue weighted by molar-refractivity contribution is -0.130. The van der Waals surface area contributed by atoms with Gasteiger partial charge in [0.05, 0.1) is 6.61 Å². The van der Waals surface area contributed by atoms with Gasteiger partial charge < -0.3 is 9.64 Å². The predicted molar refractivity (Wildman–Crippen MR) is 91.6 cm³/mol. The molecule has 0 unspecified atom stereocenters. The minimum absolute atomic E-state index is 0.175. The molecule has 0 radical (unpaired) electrons. The fourth-order valence-electron chi connectivity index (χ4n) is 4.24. The average Bonchev–Trinajstić information content (AvgIpc) is 3.20. The van der Waals surface area contributed by atoms with Crippen molar-refractivity contribution in [1.82, 2.24) is 20.1 Å². The molecule has 1 aromatic heterocycles. The fraction of sp³-hybridized carbons (Fsp3) is 0.833. The second-order valence-electron chi connectivity index (χ2n) is 7.44. The van der Waals surface area contributed by atoms with Crippen LogP contribution in [0.2, 0.25) is 0 Å². The molecule has 0 aromatic carbocycles. The predicted octanol–water partition coefficient (Wildman–Crippen LogP) is 2.66. The first kappa shape index (κ1) is 17.4. The van der Waals surface area contributed by atoms with Crippen LogP contribution in [0.25, 0.3) is 0 Å². The van der Waals surface area contributed by atoms with E-state index in [9.17, 15) is 4.79 Å². The van der Waals surface area contributed by atoms with Crippen LogP contribution in [0.4, 0.5) is 0 Å². The van der Waals surface area contributed by atoms with Crippen molar-refractivity contribution in [1.29, 1.82) is 0 Å². The summed E-state index contributed by atoms with van der Waals surface area (Å²) in [5.41, 5.74) is 0. The average molecular weight is 334 g/mol. The van der Waals surface area contributed by atoms with Gasteiger partial charge in [0.15, 0.2) is 5.82 Å². The summed E-state index contributed by atoms with van der Waals surface area (Å²) in [4.78, 5) is 19.1. The Balaban J connectivity index is 1.56. The van der Waals surface area contributed by atoms with Crippen molar-refractivity contribution >= 4 is 5.91 Å². The Hall–Kier alpha value is -1.43. The first-order valence-electron chi connectivity index (χ1n) is 9.33. The highest BCUT2D eigenvalue weighted by atomic mass is 16.5. The molecule has 6 heteroatoms. The van der Waals surface area contributed by atoms with Gasteiger partial charge in [0.2, 0.25) is 5.91 Å². The maximum atomic E-state index is 12.7. The number of carbonyl (C=O) groups excluding carboxylic acids is 1. The van der Waals surface area contributed by atoms with Gasteiger partial charge in [0.1, 0.15) is 5.82 Å². The summed E-state index contributed by atoms with van der Waals surface area (Å²) in [6, 6.07) is 0. The van der Waals surface area contributed by atoms with E-state index in [-0.39, 0.29) is 17.7 Å². The lowest BCUT2D eigenvalue weighted by atomic mass is 9.86. The largest absolute Gasteiger partial charge is 0.384 e. The van der Waals surface area contributed by atoms with Crippen molar-refractivity contribution in [2.24, 2.45) is 11.8 Å². The number of aryl methyl sites for hydroxylation is 1. The van der Waals surface area contributed by atoms with E-state index in [4.69, 9.17) is 4.74 Å². The monoisotopic (exact) mass is 334 g/mol. The second kappa shape index (κ2) is 8.10. The Morgan fingerprint density at radius 2 is 2.08 bits per heavy atom. The molecule has 1 aliphatic heterocycles. The van der Waals surface area contributed by atoms with Crippen LogP contribution in [0.1, 0.15) is 62.5 Å². The minimum Gasteiger partial charge on any atom is -0.384 e. The number of rotatable bonds is 6. The maximum Gasteiger partial charge on any atom is 0.222 e. The lowest BCUT2D eigenvalue weighted by Gasteiger charge is -2.22. The van der Waals surface area contributed by atoms with Crippen molar-refractivity contribution in [2.45, 2.75) is 57.8 Å². The first-order valence-corrected chi connectivity index (χ1v) is 9.33. The third kappa shape index (κ3) is 4.15. The first-order chi connectivity index (χ1) is 11.7. The smallest absolute Gasteiger partial charge is 0.222 e. The van der Waals surface area contributed by atoms with Crippen molar-refractivity contribution in [3.05, 3.63) is 11.6 Å². The molecule has 1 saturated heterocycles. The number of aromatic amines is 1. The molecule has 1 aliphatic carbocycles. The molecule has 24 heavy (non-hydrogen) atoms. The minimum atomic E-state index is 0.175. The van der Waals surface area contributed by atoms with Crippen molar-refractivity contribution < 1.29 is 9.53 Å². The normalized spacial score (nSPS) is 25.3. The molecule has 1 amide bonds. The van der Waals surface area contributed by atoms with E-state index in [2.05, 4.69) is 15.2 Å². The van der Waals surface area contributed by atoms with E-state index >= 15 is 0 Å². The SMILES string of the molecule is COC[C@@H]1CN(C(=O)CCC2CCCCC2)C[C@H]1c1n[nH]c(C)n1. The number of ether oxygens (including phenoxy) is 1. The van der Waals surface area contributed by atoms with Gasteiger partial charge in [-0.05, 0) is 19.3 Å². The highest BCUT2D eigenvalue weighted by Crippen LogP contribution is 2.32. The molecule has 2 atom stereocenters. The molecule has 2 heterocycles. The molecule has 1 saturated carbocycles. The molecular weight excluding hydrogens is 304 g/mol. The summed E-state index contributed by atoms with van der Waals surface area (Å²) in [5, 5.41) is 7.23. The fourth-order valence-corrected chi connectivity index (χ4v) is 4.24. The number of methoxy groups -OCH3 is 1. The number of nitrogens with one attached hydrogen (secondary N) is 1. The van der Waals surface area contributed by atoms with Crippen LogP contribution >= 0.6 is 0 Å². The van der Waals surface area contributed by atoms with Crippen LogP contribution in [0.3, 0.4) is 0 Å². The van der Waals surface area contributed by atoms with Gasteiger partial charge in [0, 0.05) is 38.5 Å². The van der Waals surface area contributed by atoms with E-state index in [1.165, 1.54) is 32.1 Å². The van der Waals surface area contributed by atoms with Crippen molar-refractivity contribution in [3.8, 4) is 0 Å². The van der Waals surface area contributed by atoms with E-state index < -0.39 is 0 Å². The quantitative estimate of drug-likeness (QED) is 0.868. The number of carbonyl (C=O) groups is 1. The molecule has 1 N–H and O–H groups in total. The molecule has 3 rings (SSSR count). The number of hydrogen-bond acceptors (Lipinski definition) is 4. The number of hydrogen-bond donors (Lipinski definition) is 1. The van der Waals surface area contributed by atoms with Crippen LogP contribution < -0.4 is 0 Å². The topological polar surface area (TPSA) is 71.1 Å². The van der Waals surface area contributed by atoms with E-state index in [1.807, 2.05) is 11.8 Å². The van der Waals surface area contributed by atoms with E-state index in [0.717, 1.165) is 37.1 Å². The van der Waals surface area contributed by atoms with Gasteiger partial charge in [-0.15, -0.1) is 0 Å². The molecule has 134 valence electrons. The zero-order chi connectivity index (χ0) is 16.9. The van der Waals surface area contributed by atoms with Gasteiger partial charge in [-0.3, -0.25) is 9.89 Å². The van der Waals surface area contributed by atoms with Crippen molar-refractivity contribution in [2.75, 3.05) is 26.8 Å². The molecule has 2 fully saturated rings. The van der Waals surface area contributed by atoms with Gasteiger partial charge in [-0.2, -0.15) is 5.10 Å². The van der Waals surface area contributed by atoms with Crippen LogP contribution in [0.5, 0.6) is 0 Å². The Labute approximate surface area is 144 Å². The Kier molecular flexibility index (Phi) is 5.87. The van der Waals surface area contributed by atoms with Crippen LogP contribution in [0, 0.1) is 18.8 Å². The van der Waals surface area contributed by atoms with Crippen LogP contribution in [-0.2, 0) is 9.53 Å². The Morgan fingerprint density at radius 3 is 2.75 bits per heavy atom. The van der Waals surface area contributed by atoms with Gasteiger partial charge >= 0.3 is 0 Å². The zero-order valence-corrected chi connectivity index (χ0v) is 15.0. The number of nitrogens with zero attached hydrogens (tertiary/aromatic N) is 3. The van der Waals surface area contributed by atoms with Gasteiger partial charge in [-0.25, -0.2) is 4.98 Å². The second-order valence-corrected chi connectivity index (χ2v) is 7.44. The van der Waals surface area contributed by atoms with Crippen molar-refractivity contribution in [3.63, 3.8) is 0 Å². The van der Waals surface area contributed by atoms with E-state index in [1.54, 1.807) is 7.11 Å². The molecule has 0 spiro atoms. The highest BCUT2D eigenvalue weighted by Gasteiger charge is 2.38. The molecule has 0 bridgehead atoms. The third-order valence-electron chi connectivity index (χ3n) is 5.61. The molecular formula is C18H30N4O2. The number of likely N-dealkylation sites (tertiary alicyclic amines) is 1. The summed E-state index contributed by atoms with van der Waals surface area (Å²) in [7, 11) is 1.72. The zero-order valence-electron chi connectivity index (χ0n) is 15.0. The van der Waals surface area contributed by atoms with Gasteiger partial charge in [0.25, 0.3) is 0 Å². The summed E-state index contributed by atoms with van der Waals surface area (Å²) < 4.78 is 5.36. The van der Waals surface area contributed by atoms with Gasteiger partial charge in [-0.1, -0.05) is 32.1 Å². The number of amides is 1. The highest BCUT2D eigenvalue weighted by molar-refractivity contribution is 5.76. The summed E-state index contributed by atoms with van der Waals surface area (Å²) in [5.74, 6) is 3.14.